The van der Waals surface area contributed by atoms with E-state index in [1.54, 1.807) is 18.3 Å². The van der Waals surface area contributed by atoms with E-state index in [0.717, 1.165) is 48.5 Å². The largest absolute Gasteiger partial charge is 0.493 e. The van der Waals surface area contributed by atoms with E-state index in [1.807, 2.05) is 42.2 Å². The van der Waals surface area contributed by atoms with Gasteiger partial charge >= 0.3 is 0 Å². The van der Waals surface area contributed by atoms with Crippen LogP contribution in [0.3, 0.4) is 0 Å². The number of pyridine rings is 1. The summed E-state index contributed by atoms with van der Waals surface area (Å²) in [5, 5.41) is 0. The minimum absolute atomic E-state index is 0. The smallest absolute Gasteiger partial charge is 0.246 e. The second kappa shape index (κ2) is 19.1. The van der Waals surface area contributed by atoms with Crippen LogP contribution in [0.5, 0.6) is 23.1 Å². The van der Waals surface area contributed by atoms with E-state index in [2.05, 4.69) is 103 Å². The van der Waals surface area contributed by atoms with Crippen molar-refractivity contribution in [2.75, 3.05) is 32.8 Å². The van der Waals surface area contributed by atoms with E-state index >= 15 is 0 Å². The van der Waals surface area contributed by atoms with Crippen LogP contribution >= 0.6 is 12.4 Å². The molecule has 0 unspecified atom stereocenters. The van der Waals surface area contributed by atoms with Crippen LogP contribution in [0.2, 0.25) is 0 Å². The summed E-state index contributed by atoms with van der Waals surface area (Å²) in [6.45, 7) is 13.6. The third-order valence-corrected chi connectivity index (χ3v) is 9.39. The van der Waals surface area contributed by atoms with E-state index in [9.17, 15) is 4.79 Å². The number of hydrogen-bond donors (Lipinski definition) is 0. The molecule has 1 saturated heterocycles. The Balaban J connectivity index is 0.00000541. The lowest BCUT2D eigenvalue weighted by Gasteiger charge is -2.34. The van der Waals surface area contributed by atoms with Gasteiger partial charge in [-0.1, -0.05) is 86.1 Å². The van der Waals surface area contributed by atoms with Gasteiger partial charge in [0.2, 0.25) is 11.8 Å². The fraction of sp³-hybridized carbons (Fsp3) is 0.289. The highest BCUT2D eigenvalue weighted by atomic mass is 35.5. The van der Waals surface area contributed by atoms with Gasteiger partial charge in [-0.2, -0.15) is 0 Å². The maximum absolute atomic E-state index is 13.0. The van der Waals surface area contributed by atoms with Gasteiger partial charge in [-0.25, -0.2) is 4.98 Å². The molecule has 0 saturated carbocycles. The molecule has 53 heavy (non-hydrogen) atoms. The number of aryl methyl sites for hydroxylation is 2. The number of benzene rings is 4. The van der Waals surface area contributed by atoms with Crippen molar-refractivity contribution >= 4 is 24.4 Å². The molecular formula is C45H50ClN3O4. The predicted octanol–water partition coefficient (Wildman–Crippen LogP) is 9.59. The molecule has 1 fully saturated rings. The Bertz CT molecular complexity index is 1920. The highest BCUT2D eigenvalue weighted by Crippen LogP contribution is 2.26. The van der Waals surface area contributed by atoms with Crippen molar-refractivity contribution in [3.63, 3.8) is 0 Å². The van der Waals surface area contributed by atoms with Crippen LogP contribution in [-0.4, -0.2) is 53.5 Å². The lowest BCUT2D eigenvalue weighted by atomic mass is 10.0. The quantitative estimate of drug-likeness (QED) is 0.106. The Morgan fingerprint density at radius 1 is 0.774 bits per heavy atom. The first-order valence-corrected chi connectivity index (χ1v) is 18.2. The highest BCUT2D eigenvalue weighted by Gasteiger charge is 2.19. The molecular weight excluding hydrogens is 682 g/mol. The molecule has 1 amide bonds. The average molecular weight is 732 g/mol. The first-order chi connectivity index (χ1) is 25.3. The summed E-state index contributed by atoms with van der Waals surface area (Å²) in [5.74, 6) is 3.37. The summed E-state index contributed by atoms with van der Waals surface area (Å²) >= 11 is 0. The van der Waals surface area contributed by atoms with Gasteiger partial charge in [0.15, 0.2) is 0 Å². The van der Waals surface area contributed by atoms with Crippen molar-refractivity contribution < 1.29 is 19.0 Å². The number of aromatic nitrogens is 1. The molecule has 8 heteroatoms. The first-order valence-electron chi connectivity index (χ1n) is 18.2. The van der Waals surface area contributed by atoms with Crippen molar-refractivity contribution in [2.45, 2.75) is 53.2 Å². The van der Waals surface area contributed by atoms with Crippen LogP contribution < -0.4 is 14.2 Å². The van der Waals surface area contributed by atoms with Gasteiger partial charge in [0, 0.05) is 51.3 Å². The molecule has 6 rings (SSSR count). The van der Waals surface area contributed by atoms with Crippen molar-refractivity contribution in [3.05, 3.63) is 154 Å². The van der Waals surface area contributed by atoms with Gasteiger partial charge in [-0.05, 0) is 89.6 Å². The summed E-state index contributed by atoms with van der Waals surface area (Å²) in [6, 6.07) is 35.0. The molecule has 0 N–H and O–H groups in total. The molecule has 4 aromatic carbocycles. The minimum Gasteiger partial charge on any atom is -0.493 e. The Labute approximate surface area is 320 Å². The highest BCUT2D eigenvalue weighted by molar-refractivity contribution is 5.92. The Morgan fingerprint density at radius 2 is 1.45 bits per heavy atom. The first kappa shape index (κ1) is 39.1. The van der Waals surface area contributed by atoms with Crippen molar-refractivity contribution in [1.82, 2.24) is 14.8 Å². The third-order valence-electron chi connectivity index (χ3n) is 9.39. The Hall–Kier alpha value is -5.11. The number of rotatable bonds is 14. The summed E-state index contributed by atoms with van der Waals surface area (Å²) in [4.78, 5) is 21.8. The molecule has 0 bridgehead atoms. The number of carbonyl (C=O) groups is 1. The molecule has 7 nitrogen and oxygen atoms in total. The maximum Gasteiger partial charge on any atom is 0.246 e. The summed E-state index contributed by atoms with van der Waals surface area (Å²) < 4.78 is 17.9. The van der Waals surface area contributed by atoms with Crippen LogP contribution in [0.1, 0.15) is 58.7 Å². The SMILES string of the molecule is Cc1ccc(COc2ccc(Oc3ccc(C=CC(=O)N4CCN(Cc5ccc(CCOc6ccc(C(C)C)cc6)cc5)CC4)cc3C)nc2)cc1.Cl. The predicted molar refractivity (Wildman–Crippen MR) is 215 cm³/mol. The molecule has 0 atom stereocenters. The van der Waals surface area contributed by atoms with Crippen molar-refractivity contribution in [3.8, 4) is 23.1 Å². The number of amides is 1. The summed E-state index contributed by atoms with van der Waals surface area (Å²) in [5.41, 5.74) is 8.11. The van der Waals surface area contributed by atoms with Crippen molar-refractivity contribution in [1.29, 1.82) is 0 Å². The molecule has 0 aliphatic carbocycles. The van der Waals surface area contributed by atoms with Gasteiger partial charge in [0.05, 0.1) is 12.8 Å². The van der Waals surface area contributed by atoms with E-state index in [0.29, 0.717) is 49.6 Å². The third kappa shape index (κ3) is 11.7. The summed E-state index contributed by atoms with van der Waals surface area (Å²) in [7, 11) is 0. The molecule has 0 radical (unpaired) electrons. The molecule has 0 spiro atoms. The molecule has 1 aliphatic rings. The number of halogens is 1. The lowest BCUT2D eigenvalue weighted by Crippen LogP contribution is -2.47. The minimum atomic E-state index is 0. The molecule has 276 valence electrons. The van der Waals surface area contributed by atoms with Gasteiger partial charge in [-0.3, -0.25) is 9.69 Å². The fourth-order valence-electron chi connectivity index (χ4n) is 6.07. The van der Waals surface area contributed by atoms with Crippen molar-refractivity contribution in [2.24, 2.45) is 0 Å². The van der Waals surface area contributed by atoms with Crippen LogP contribution in [0, 0.1) is 13.8 Å². The van der Waals surface area contributed by atoms with Crippen LogP contribution in [0.15, 0.2) is 115 Å². The van der Waals surface area contributed by atoms with E-state index < -0.39 is 0 Å². The van der Waals surface area contributed by atoms with Gasteiger partial charge in [0.1, 0.15) is 23.9 Å². The summed E-state index contributed by atoms with van der Waals surface area (Å²) in [6.07, 6.45) is 6.09. The van der Waals surface area contributed by atoms with Crippen LogP contribution in [0.25, 0.3) is 6.08 Å². The average Bonchev–Trinajstić information content (AvgIpc) is 3.16. The number of carbonyl (C=O) groups excluding carboxylic acids is 1. The molecule has 1 aromatic heterocycles. The standard InChI is InChI=1S/C45H49N3O4.ClH/c1-33(2)40-15-17-41(18-16-40)50-28-23-36-9-11-38(12-10-36)31-47-24-26-48(27-25-47)45(49)22-14-37-13-20-43(35(4)29-37)52-44-21-19-42(30-46-44)51-32-39-7-5-34(3)6-8-39;/h5-22,29-30,33H,23-28,31-32H2,1-4H3;1H. The zero-order valence-electron chi connectivity index (χ0n) is 31.2. The number of piperazine rings is 1. The number of hydrogen-bond acceptors (Lipinski definition) is 6. The lowest BCUT2D eigenvalue weighted by molar-refractivity contribution is -0.127. The Morgan fingerprint density at radius 3 is 2.11 bits per heavy atom. The monoisotopic (exact) mass is 731 g/mol. The Kier molecular flexibility index (Phi) is 14.1. The second-order valence-electron chi connectivity index (χ2n) is 13.8. The van der Waals surface area contributed by atoms with E-state index in [1.165, 1.54) is 22.3 Å². The van der Waals surface area contributed by atoms with Crippen LogP contribution in [-0.2, 0) is 24.4 Å². The van der Waals surface area contributed by atoms with Gasteiger partial charge < -0.3 is 19.1 Å². The second-order valence-corrected chi connectivity index (χ2v) is 13.8. The maximum atomic E-state index is 13.0. The molecule has 2 heterocycles. The van der Waals surface area contributed by atoms with Gasteiger partial charge in [-0.15, -0.1) is 12.4 Å². The van der Waals surface area contributed by atoms with E-state index in [4.69, 9.17) is 14.2 Å². The van der Waals surface area contributed by atoms with Gasteiger partial charge in [0.25, 0.3) is 0 Å². The fourth-order valence-corrected chi connectivity index (χ4v) is 6.07. The molecule has 5 aromatic rings. The number of ether oxygens (including phenoxy) is 3. The molecule has 1 aliphatic heterocycles. The zero-order valence-corrected chi connectivity index (χ0v) is 32.0. The normalized spacial score (nSPS) is 13.2. The topological polar surface area (TPSA) is 64.1 Å². The zero-order chi connectivity index (χ0) is 36.3. The van der Waals surface area contributed by atoms with E-state index in [-0.39, 0.29) is 18.3 Å². The van der Waals surface area contributed by atoms with Crippen LogP contribution in [0.4, 0.5) is 0 Å². The number of nitrogens with zero attached hydrogens (tertiary/aromatic N) is 3.